The molecule has 1 aromatic rings. The monoisotopic (exact) mass is 230 g/mol. The topological polar surface area (TPSA) is 55.1 Å². The Hall–Kier alpha value is -1.03. The molecule has 0 aliphatic heterocycles. The van der Waals surface area contributed by atoms with E-state index in [2.05, 4.69) is 5.10 Å². The Balaban J connectivity index is 3.04. The molecule has 1 N–H and O–H groups in total. The predicted octanol–water partition coefficient (Wildman–Crippen LogP) is 2.29. The molecule has 4 nitrogen and oxygen atoms in total. The Bertz CT molecular complexity index is 341. The third kappa shape index (κ3) is 2.72. The highest BCUT2D eigenvalue weighted by Crippen LogP contribution is 2.29. The molecule has 1 heterocycles. The number of halogens is 1. The summed E-state index contributed by atoms with van der Waals surface area (Å²) in [5.74, 6) is -1.13. The van der Waals surface area contributed by atoms with Gasteiger partial charge in [0.15, 0.2) is 0 Å². The van der Waals surface area contributed by atoms with E-state index in [1.807, 2.05) is 13.8 Å². The molecular formula is C10H15ClN2O2. The summed E-state index contributed by atoms with van der Waals surface area (Å²) in [6, 6.07) is 0. The number of rotatable bonds is 4. The van der Waals surface area contributed by atoms with Crippen LogP contribution in [-0.4, -0.2) is 20.9 Å². The van der Waals surface area contributed by atoms with Gasteiger partial charge >= 0.3 is 5.97 Å². The SMILES string of the molecule is CC(C)CC(C(=O)O)c1c(Cl)cnn1C. The maximum atomic E-state index is 11.1. The first-order valence-electron chi connectivity index (χ1n) is 4.83. The smallest absolute Gasteiger partial charge is 0.312 e. The number of nitrogens with zero attached hydrogens (tertiary/aromatic N) is 2. The molecule has 0 saturated carbocycles. The number of carboxylic acids is 1. The summed E-state index contributed by atoms with van der Waals surface area (Å²) >= 11 is 5.92. The standard InChI is InChI=1S/C10H15ClN2O2/c1-6(2)4-7(10(14)15)9-8(11)5-12-13(9)3/h5-7H,4H2,1-3H3,(H,14,15). The lowest BCUT2D eigenvalue weighted by molar-refractivity contribution is -0.139. The third-order valence-electron chi connectivity index (χ3n) is 2.27. The van der Waals surface area contributed by atoms with Crippen LogP contribution in [0.4, 0.5) is 0 Å². The first kappa shape index (κ1) is 12.0. The Morgan fingerprint density at radius 2 is 2.27 bits per heavy atom. The van der Waals surface area contributed by atoms with Crippen LogP contribution in [0.2, 0.25) is 5.02 Å². The van der Waals surface area contributed by atoms with E-state index in [0.717, 1.165) is 0 Å². The van der Waals surface area contributed by atoms with Crippen molar-refractivity contribution in [3.63, 3.8) is 0 Å². The molecule has 1 unspecified atom stereocenters. The van der Waals surface area contributed by atoms with E-state index in [-0.39, 0.29) is 0 Å². The molecule has 0 bridgehead atoms. The van der Waals surface area contributed by atoms with Crippen LogP contribution in [0.25, 0.3) is 0 Å². The van der Waals surface area contributed by atoms with E-state index in [1.165, 1.54) is 10.9 Å². The fourth-order valence-electron chi connectivity index (χ4n) is 1.61. The van der Waals surface area contributed by atoms with Gasteiger partial charge < -0.3 is 5.11 Å². The maximum Gasteiger partial charge on any atom is 0.312 e. The van der Waals surface area contributed by atoms with Gasteiger partial charge in [-0.15, -0.1) is 0 Å². The summed E-state index contributed by atoms with van der Waals surface area (Å²) in [6.45, 7) is 3.97. The van der Waals surface area contributed by atoms with Crippen LogP contribution in [0.15, 0.2) is 6.20 Å². The van der Waals surface area contributed by atoms with Crippen LogP contribution in [0, 0.1) is 5.92 Å². The van der Waals surface area contributed by atoms with Crippen LogP contribution >= 0.6 is 11.6 Å². The lowest BCUT2D eigenvalue weighted by Crippen LogP contribution is -2.17. The Morgan fingerprint density at radius 3 is 2.60 bits per heavy atom. The molecule has 0 radical (unpaired) electrons. The van der Waals surface area contributed by atoms with Gasteiger partial charge in [0.1, 0.15) is 5.92 Å². The minimum Gasteiger partial charge on any atom is -0.481 e. The van der Waals surface area contributed by atoms with Crippen molar-refractivity contribution in [2.75, 3.05) is 0 Å². The van der Waals surface area contributed by atoms with Gasteiger partial charge in [-0.3, -0.25) is 9.48 Å². The van der Waals surface area contributed by atoms with Gasteiger partial charge in [0, 0.05) is 7.05 Å². The normalized spacial score (nSPS) is 13.1. The van der Waals surface area contributed by atoms with Gasteiger partial charge in [-0.25, -0.2) is 0 Å². The third-order valence-corrected chi connectivity index (χ3v) is 2.56. The molecule has 0 aliphatic carbocycles. The van der Waals surface area contributed by atoms with Crippen molar-refractivity contribution < 1.29 is 9.90 Å². The van der Waals surface area contributed by atoms with Crippen LogP contribution < -0.4 is 0 Å². The Morgan fingerprint density at radius 1 is 1.67 bits per heavy atom. The fourth-order valence-corrected chi connectivity index (χ4v) is 1.91. The molecule has 0 fully saturated rings. The first-order chi connectivity index (χ1) is 6.93. The molecule has 15 heavy (non-hydrogen) atoms. The maximum absolute atomic E-state index is 11.1. The lowest BCUT2D eigenvalue weighted by Gasteiger charge is -2.15. The highest BCUT2D eigenvalue weighted by molar-refractivity contribution is 6.31. The quantitative estimate of drug-likeness (QED) is 0.864. The second-order valence-electron chi connectivity index (χ2n) is 4.02. The van der Waals surface area contributed by atoms with Crippen molar-refractivity contribution in [3.05, 3.63) is 16.9 Å². The molecule has 0 aromatic carbocycles. The van der Waals surface area contributed by atoms with Gasteiger partial charge in [0.25, 0.3) is 0 Å². The molecule has 0 amide bonds. The molecule has 0 saturated heterocycles. The second kappa shape index (κ2) is 4.66. The van der Waals surface area contributed by atoms with Gasteiger partial charge in [-0.2, -0.15) is 5.10 Å². The lowest BCUT2D eigenvalue weighted by atomic mass is 9.94. The zero-order valence-corrected chi connectivity index (χ0v) is 9.82. The van der Waals surface area contributed by atoms with Crippen LogP contribution in [0.3, 0.4) is 0 Å². The average Bonchev–Trinajstić information content (AvgIpc) is 2.42. The zero-order valence-electron chi connectivity index (χ0n) is 9.07. The van der Waals surface area contributed by atoms with Crippen molar-refractivity contribution in [1.82, 2.24) is 9.78 Å². The van der Waals surface area contributed by atoms with Gasteiger partial charge in [0.2, 0.25) is 0 Å². The summed E-state index contributed by atoms with van der Waals surface area (Å²) in [5, 5.41) is 13.5. The van der Waals surface area contributed by atoms with Crippen LogP contribution in [-0.2, 0) is 11.8 Å². The van der Waals surface area contributed by atoms with Crippen molar-refractivity contribution >= 4 is 17.6 Å². The van der Waals surface area contributed by atoms with Crippen molar-refractivity contribution in [2.24, 2.45) is 13.0 Å². The molecule has 1 rings (SSSR count). The number of carboxylic acid groups (broad SMARTS) is 1. The van der Waals surface area contributed by atoms with Crippen molar-refractivity contribution in [3.8, 4) is 0 Å². The number of hydrogen-bond acceptors (Lipinski definition) is 2. The zero-order chi connectivity index (χ0) is 11.6. The summed E-state index contributed by atoms with van der Waals surface area (Å²) < 4.78 is 1.53. The number of aromatic nitrogens is 2. The average molecular weight is 231 g/mol. The summed E-state index contributed by atoms with van der Waals surface area (Å²) in [7, 11) is 1.71. The van der Waals surface area contributed by atoms with Gasteiger partial charge in [0.05, 0.1) is 16.9 Å². The molecule has 0 spiro atoms. The first-order valence-corrected chi connectivity index (χ1v) is 5.21. The summed E-state index contributed by atoms with van der Waals surface area (Å²) in [4.78, 5) is 11.1. The van der Waals surface area contributed by atoms with E-state index in [9.17, 15) is 4.79 Å². The van der Waals surface area contributed by atoms with E-state index in [0.29, 0.717) is 23.1 Å². The van der Waals surface area contributed by atoms with E-state index in [4.69, 9.17) is 16.7 Å². The second-order valence-corrected chi connectivity index (χ2v) is 4.43. The minimum atomic E-state index is -0.853. The summed E-state index contributed by atoms with van der Waals surface area (Å²) in [6.07, 6.45) is 2.04. The van der Waals surface area contributed by atoms with Gasteiger partial charge in [-0.05, 0) is 12.3 Å². The van der Waals surface area contributed by atoms with Crippen molar-refractivity contribution in [1.29, 1.82) is 0 Å². The Kier molecular flexibility index (Phi) is 3.74. The summed E-state index contributed by atoms with van der Waals surface area (Å²) in [5.41, 5.74) is 0.581. The van der Waals surface area contributed by atoms with E-state index in [1.54, 1.807) is 7.05 Å². The molecule has 1 atom stereocenters. The largest absolute Gasteiger partial charge is 0.481 e. The molecule has 0 aliphatic rings. The Labute approximate surface area is 93.9 Å². The number of aryl methyl sites for hydroxylation is 1. The highest BCUT2D eigenvalue weighted by Gasteiger charge is 2.26. The number of carbonyl (C=O) groups is 1. The van der Waals surface area contributed by atoms with Crippen LogP contribution in [0.5, 0.6) is 0 Å². The van der Waals surface area contributed by atoms with Crippen molar-refractivity contribution in [2.45, 2.75) is 26.2 Å². The van der Waals surface area contributed by atoms with E-state index < -0.39 is 11.9 Å². The molecule has 84 valence electrons. The van der Waals surface area contributed by atoms with Crippen LogP contribution in [0.1, 0.15) is 31.9 Å². The van der Waals surface area contributed by atoms with Gasteiger partial charge in [-0.1, -0.05) is 25.4 Å². The minimum absolute atomic E-state index is 0.303. The fraction of sp³-hybridized carbons (Fsp3) is 0.600. The predicted molar refractivity (Wildman–Crippen MR) is 58.0 cm³/mol. The molecule has 5 heteroatoms. The molecule has 1 aromatic heterocycles. The molecular weight excluding hydrogens is 216 g/mol. The number of hydrogen-bond donors (Lipinski definition) is 1. The van der Waals surface area contributed by atoms with E-state index >= 15 is 0 Å². The number of aliphatic carboxylic acids is 1. The highest BCUT2D eigenvalue weighted by atomic mass is 35.5.